The smallest absolute Gasteiger partial charge is 0.243 e. The molecule has 2 aliphatic carbocycles. The van der Waals surface area contributed by atoms with E-state index in [4.69, 9.17) is 14.7 Å². The Kier molecular flexibility index (Phi) is 10.3. The third-order valence-electron chi connectivity index (χ3n) is 14.7. The zero-order chi connectivity index (χ0) is 41.0. The van der Waals surface area contributed by atoms with Gasteiger partial charge in [0.1, 0.15) is 18.1 Å². The molecule has 312 valence electrons. The summed E-state index contributed by atoms with van der Waals surface area (Å²) in [6, 6.07) is 20.4. The quantitative estimate of drug-likeness (QED) is 0.160. The van der Waals surface area contributed by atoms with Gasteiger partial charge in [-0.1, -0.05) is 36.4 Å². The molecule has 12 heteroatoms. The highest BCUT2D eigenvalue weighted by Crippen LogP contribution is 2.53. The number of aryl methyl sites for hydroxylation is 1. The Morgan fingerprint density at radius 3 is 2.52 bits per heavy atom. The Morgan fingerprint density at radius 1 is 0.950 bits per heavy atom. The van der Waals surface area contributed by atoms with Gasteiger partial charge in [0, 0.05) is 76.1 Å². The van der Waals surface area contributed by atoms with Crippen molar-refractivity contribution >= 4 is 29.7 Å². The number of aldehydes is 1. The van der Waals surface area contributed by atoms with Crippen molar-refractivity contribution in [2.75, 3.05) is 62.7 Å². The van der Waals surface area contributed by atoms with Crippen molar-refractivity contribution in [2.24, 2.45) is 11.3 Å². The Balaban J connectivity index is 0.731. The number of rotatable bonds is 9. The number of nitrogens with zero attached hydrogens (tertiary/aromatic N) is 6. The van der Waals surface area contributed by atoms with E-state index >= 15 is 0 Å². The molecule has 2 amide bonds. The number of amides is 2. The number of fused-ring (bicyclic) bond motifs is 4. The Labute approximate surface area is 351 Å². The van der Waals surface area contributed by atoms with Gasteiger partial charge in [-0.3, -0.25) is 29.5 Å². The number of piperazine rings is 1. The number of aromatic hydroxyl groups is 1. The minimum atomic E-state index is -0.409. The number of nitrogens with one attached hydrogen (secondary N) is 1. The molecule has 1 saturated carbocycles. The van der Waals surface area contributed by atoms with Crippen LogP contribution in [0.2, 0.25) is 0 Å². The van der Waals surface area contributed by atoms with E-state index in [1.807, 2.05) is 30.1 Å². The predicted molar refractivity (Wildman–Crippen MR) is 229 cm³/mol. The maximum absolute atomic E-state index is 12.5. The van der Waals surface area contributed by atoms with E-state index in [-0.39, 0.29) is 23.8 Å². The van der Waals surface area contributed by atoms with Crippen LogP contribution in [0.15, 0.2) is 73.1 Å². The highest BCUT2D eigenvalue weighted by molar-refractivity contribution is 6.00. The van der Waals surface area contributed by atoms with E-state index in [1.165, 1.54) is 42.4 Å². The number of phenolic OH excluding ortho intramolecular Hbond substituents is 1. The van der Waals surface area contributed by atoms with Crippen LogP contribution in [0.25, 0.3) is 0 Å². The lowest BCUT2D eigenvalue weighted by atomic mass is 9.57. The van der Waals surface area contributed by atoms with Crippen molar-refractivity contribution in [1.82, 2.24) is 25.1 Å². The summed E-state index contributed by atoms with van der Waals surface area (Å²) in [5.74, 6) is 2.56. The van der Waals surface area contributed by atoms with Crippen LogP contribution >= 0.6 is 0 Å². The summed E-state index contributed by atoms with van der Waals surface area (Å²) >= 11 is 0. The summed E-state index contributed by atoms with van der Waals surface area (Å²) in [6.45, 7) is 6.95. The van der Waals surface area contributed by atoms with E-state index in [2.05, 4.69) is 74.9 Å². The third kappa shape index (κ3) is 7.42. The average molecular weight is 810 g/mol. The number of imide groups is 1. The predicted octanol–water partition coefficient (Wildman–Crippen LogP) is 5.67. The minimum absolute atomic E-state index is 0.141. The van der Waals surface area contributed by atoms with Crippen molar-refractivity contribution in [3.8, 4) is 11.5 Å². The molecule has 4 atom stereocenters. The van der Waals surface area contributed by atoms with Gasteiger partial charge in [-0.15, -0.1) is 0 Å². The van der Waals surface area contributed by atoms with Crippen LogP contribution in [0.1, 0.15) is 95.0 Å². The highest BCUT2D eigenvalue weighted by Gasteiger charge is 2.47. The first-order valence-corrected chi connectivity index (χ1v) is 21.9. The first kappa shape index (κ1) is 38.8. The number of hydrogen-bond donors (Lipinski definition) is 2. The van der Waals surface area contributed by atoms with Gasteiger partial charge in [0.25, 0.3) is 0 Å². The lowest BCUT2D eigenvalue weighted by molar-refractivity contribution is -0.137. The minimum Gasteiger partial charge on any atom is -0.508 e. The molecule has 4 aliphatic heterocycles. The fourth-order valence-corrected chi connectivity index (χ4v) is 11.6. The van der Waals surface area contributed by atoms with Crippen molar-refractivity contribution in [2.45, 2.75) is 81.8 Å². The first-order valence-electron chi connectivity index (χ1n) is 21.9. The van der Waals surface area contributed by atoms with Crippen molar-refractivity contribution in [1.29, 1.82) is 0 Å². The van der Waals surface area contributed by atoms with Crippen molar-refractivity contribution in [3.63, 3.8) is 0 Å². The SMILES string of the molecule is CN(Cc1cc2c(cc1C=O)OCC1CN(CC3CC4(CCN(c5ncc(C6c7ccc(O)cc7CCC6c6ccccc6)cn5)CC4)C3)CCN21)C1CCC(=O)NC1=O. The number of ether oxygens (including phenoxy) is 1. The Bertz CT molecular complexity index is 2250. The van der Waals surface area contributed by atoms with Crippen LogP contribution in [-0.4, -0.2) is 108 Å². The fourth-order valence-electron chi connectivity index (χ4n) is 11.6. The fraction of sp³-hybridized carbons (Fsp3) is 0.479. The van der Waals surface area contributed by atoms with E-state index in [0.717, 1.165) is 86.9 Å². The molecule has 4 aromatic rings. The van der Waals surface area contributed by atoms with Crippen molar-refractivity contribution < 1.29 is 24.2 Å². The molecule has 0 radical (unpaired) electrons. The summed E-state index contributed by atoms with van der Waals surface area (Å²) in [5.41, 5.74) is 7.82. The van der Waals surface area contributed by atoms with E-state index in [0.29, 0.717) is 54.6 Å². The number of carbonyl (C=O) groups is 3. The summed E-state index contributed by atoms with van der Waals surface area (Å²) in [6.07, 6.45) is 12.6. The summed E-state index contributed by atoms with van der Waals surface area (Å²) < 4.78 is 6.28. The largest absolute Gasteiger partial charge is 0.508 e. The second kappa shape index (κ2) is 15.9. The zero-order valence-electron chi connectivity index (χ0n) is 34.5. The van der Waals surface area contributed by atoms with E-state index in [1.54, 1.807) is 0 Å². The molecule has 5 heterocycles. The molecule has 4 fully saturated rings. The number of piperidine rings is 2. The molecule has 2 N–H and O–H groups in total. The van der Waals surface area contributed by atoms with Crippen molar-refractivity contribution in [3.05, 3.63) is 106 Å². The third-order valence-corrected chi connectivity index (χ3v) is 14.7. The van der Waals surface area contributed by atoms with Crippen LogP contribution in [0.4, 0.5) is 11.6 Å². The topological polar surface area (TPSA) is 131 Å². The molecule has 12 nitrogen and oxygen atoms in total. The highest BCUT2D eigenvalue weighted by atomic mass is 16.5. The van der Waals surface area contributed by atoms with Gasteiger partial charge in [0.2, 0.25) is 17.8 Å². The van der Waals surface area contributed by atoms with Gasteiger partial charge in [-0.2, -0.15) is 0 Å². The van der Waals surface area contributed by atoms with Crippen LogP contribution in [0.3, 0.4) is 0 Å². The maximum Gasteiger partial charge on any atom is 0.243 e. The molecule has 1 spiro atoms. The van der Waals surface area contributed by atoms with E-state index < -0.39 is 6.04 Å². The number of anilines is 2. The normalized spacial score (nSPS) is 25.2. The molecule has 10 rings (SSSR count). The van der Waals surface area contributed by atoms with Gasteiger partial charge in [0.15, 0.2) is 6.29 Å². The molecule has 60 heavy (non-hydrogen) atoms. The molecule has 0 bridgehead atoms. The molecule has 3 saturated heterocycles. The lowest BCUT2D eigenvalue weighted by Gasteiger charge is -2.54. The second-order valence-electron chi connectivity index (χ2n) is 18.4. The summed E-state index contributed by atoms with van der Waals surface area (Å²) in [7, 11) is 1.87. The monoisotopic (exact) mass is 809 g/mol. The molecular weight excluding hydrogens is 755 g/mol. The number of aromatic nitrogens is 2. The maximum atomic E-state index is 12.5. The van der Waals surface area contributed by atoms with Gasteiger partial charge >= 0.3 is 0 Å². The molecule has 4 unspecified atom stereocenters. The zero-order valence-corrected chi connectivity index (χ0v) is 34.5. The van der Waals surface area contributed by atoms with Gasteiger partial charge < -0.3 is 19.6 Å². The number of phenols is 1. The molecule has 3 aromatic carbocycles. The number of likely N-dealkylation sites (N-methyl/N-ethyl adjacent to an activating group) is 1. The number of hydrogen-bond acceptors (Lipinski definition) is 11. The van der Waals surface area contributed by atoms with Gasteiger partial charge in [-0.05, 0) is 121 Å². The average Bonchev–Trinajstić information content (AvgIpc) is 3.25. The second-order valence-corrected chi connectivity index (χ2v) is 18.4. The molecule has 6 aliphatic rings. The summed E-state index contributed by atoms with van der Waals surface area (Å²) in [4.78, 5) is 55.7. The van der Waals surface area contributed by atoms with E-state index in [9.17, 15) is 19.5 Å². The summed E-state index contributed by atoms with van der Waals surface area (Å²) in [5, 5.41) is 12.7. The van der Waals surface area contributed by atoms with Gasteiger partial charge in [0.05, 0.1) is 17.8 Å². The number of carbonyl (C=O) groups excluding carboxylic acids is 3. The number of benzene rings is 3. The standard InChI is InChI=1S/C48H55N7O5/c1-52(41-11-12-44(58)51-46(41)59)27-34-20-42-43(21-35(34)29-56)60-30-37-28-53(17-18-55(37)42)26-31-22-48(23-31)13-15-54(16-14-48)47-49-24-36(25-50-47)45-39(32-5-3-2-4-6-32)9-7-33-19-38(57)8-10-40(33)45/h2-6,8,10,19-21,24-25,29,31,37,39,41,45,57H,7,9,11-18,22-23,26-28,30H2,1H3,(H,51,58,59). The van der Waals surface area contributed by atoms with Crippen LogP contribution in [-0.2, 0) is 22.6 Å². The first-order chi connectivity index (χ1) is 29.2. The van der Waals surface area contributed by atoms with Crippen LogP contribution in [0, 0.1) is 11.3 Å². The molecular formula is C48H55N7O5. The van der Waals surface area contributed by atoms with Gasteiger partial charge in [-0.25, -0.2) is 9.97 Å². The Morgan fingerprint density at radius 2 is 1.75 bits per heavy atom. The van der Waals surface area contributed by atoms with Crippen LogP contribution < -0.4 is 19.9 Å². The lowest BCUT2D eigenvalue weighted by Crippen LogP contribution is -2.59. The van der Waals surface area contributed by atoms with Crippen LogP contribution in [0.5, 0.6) is 11.5 Å². The molecule has 1 aromatic heterocycles. The Hall–Kier alpha value is -5.33.